The van der Waals surface area contributed by atoms with Crippen molar-refractivity contribution in [3.8, 4) is 0 Å². The molecule has 1 rings (SSSR count). The molecule has 18 heavy (non-hydrogen) atoms. The Morgan fingerprint density at radius 1 is 1.33 bits per heavy atom. The molecular formula is C15H32N2O. The van der Waals surface area contributed by atoms with E-state index in [2.05, 4.69) is 37.9 Å². The predicted molar refractivity (Wildman–Crippen MR) is 78.1 cm³/mol. The molecule has 1 saturated heterocycles. The molecule has 108 valence electrons. The Morgan fingerprint density at radius 2 is 2.00 bits per heavy atom. The first-order chi connectivity index (χ1) is 8.63. The van der Waals surface area contributed by atoms with E-state index in [-0.39, 0.29) is 0 Å². The molecule has 1 aliphatic heterocycles. The SMILES string of the molecule is CCC1CN(C(C)CCOC)C(CC)(CC)CN1. The third kappa shape index (κ3) is 3.46. The average molecular weight is 256 g/mol. The highest BCUT2D eigenvalue weighted by Crippen LogP contribution is 2.30. The van der Waals surface area contributed by atoms with Gasteiger partial charge in [0.25, 0.3) is 0 Å². The van der Waals surface area contributed by atoms with E-state index in [1.807, 2.05) is 0 Å². The van der Waals surface area contributed by atoms with Crippen molar-refractivity contribution >= 4 is 0 Å². The van der Waals surface area contributed by atoms with Gasteiger partial charge in [0.05, 0.1) is 0 Å². The van der Waals surface area contributed by atoms with Gasteiger partial charge in [-0.1, -0.05) is 20.8 Å². The Balaban J connectivity index is 2.76. The van der Waals surface area contributed by atoms with Crippen molar-refractivity contribution in [3.63, 3.8) is 0 Å². The topological polar surface area (TPSA) is 24.5 Å². The summed E-state index contributed by atoms with van der Waals surface area (Å²) in [4.78, 5) is 2.75. The largest absolute Gasteiger partial charge is 0.385 e. The van der Waals surface area contributed by atoms with E-state index in [0.717, 1.165) is 19.6 Å². The van der Waals surface area contributed by atoms with E-state index < -0.39 is 0 Å². The minimum absolute atomic E-state index is 0.346. The Hall–Kier alpha value is -0.120. The first-order valence-corrected chi connectivity index (χ1v) is 7.62. The van der Waals surface area contributed by atoms with Gasteiger partial charge in [0.15, 0.2) is 0 Å². The van der Waals surface area contributed by atoms with Crippen LogP contribution in [0.4, 0.5) is 0 Å². The van der Waals surface area contributed by atoms with Gasteiger partial charge in [0, 0.05) is 44.4 Å². The number of rotatable bonds is 7. The van der Waals surface area contributed by atoms with Crippen LogP contribution in [0.5, 0.6) is 0 Å². The minimum Gasteiger partial charge on any atom is -0.385 e. The van der Waals surface area contributed by atoms with Gasteiger partial charge in [-0.25, -0.2) is 0 Å². The van der Waals surface area contributed by atoms with Crippen LogP contribution in [-0.2, 0) is 4.74 Å². The van der Waals surface area contributed by atoms with Gasteiger partial charge in [-0.3, -0.25) is 4.90 Å². The lowest BCUT2D eigenvalue weighted by molar-refractivity contribution is -0.00894. The molecule has 3 nitrogen and oxygen atoms in total. The average Bonchev–Trinajstić information content (AvgIpc) is 2.43. The molecule has 2 atom stereocenters. The van der Waals surface area contributed by atoms with Gasteiger partial charge in [-0.15, -0.1) is 0 Å². The van der Waals surface area contributed by atoms with Crippen molar-refractivity contribution < 1.29 is 4.74 Å². The predicted octanol–water partition coefficient (Wildman–Crippen LogP) is 2.65. The van der Waals surface area contributed by atoms with E-state index in [0.29, 0.717) is 17.6 Å². The molecular weight excluding hydrogens is 224 g/mol. The van der Waals surface area contributed by atoms with Crippen LogP contribution in [0.2, 0.25) is 0 Å². The molecule has 0 aromatic carbocycles. The third-order valence-corrected chi connectivity index (χ3v) is 4.83. The van der Waals surface area contributed by atoms with Gasteiger partial charge in [0.1, 0.15) is 0 Å². The van der Waals surface area contributed by atoms with Gasteiger partial charge < -0.3 is 10.1 Å². The molecule has 0 aromatic heterocycles. The van der Waals surface area contributed by atoms with Crippen molar-refractivity contribution in [2.75, 3.05) is 26.8 Å². The molecule has 0 spiro atoms. The van der Waals surface area contributed by atoms with E-state index in [1.54, 1.807) is 7.11 Å². The molecule has 1 N–H and O–H groups in total. The van der Waals surface area contributed by atoms with Gasteiger partial charge in [-0.2, -0.15) is 0 Å². The summed E-state index contributed by atoms with van der Waals surface area (Å²) < 4.78 is 5.25. The van der Waals surface area contributed by atoms with Crippen LogP contribution in [0.1, 0.15) is 53.4 Å². The quantitative estimate of drug-likeness (QED) is 0.758. The van der Waals surface area contributed by atoms with E-state index in [9.17, 15) is 0 Å². The molecule has 0 aliphatic carbocycles. The lowest BCUT2D eigenvalue weighted by Crippen LogP contribution is -2.66. The molecule has 1 fully saturated rings. The highest BCUT2D eigenvalue weighted by molar-refractivity contribution is 4.99. The van der Waals surface area contributed by atoms with Crippen molar-refractivity contribution in [1.29, 1.82) is 0 Å². The number of hydrogen-bond acceptors (Lipinski definition) is 3. The second-order valence-electron chi connectivity index (χ2n) is 5.70. The zero-order valence-electron chi connectivity index (χ0n) is 13.0. The fraction of sp³-hybridized carbons (Fsp3) is 1.00. The van der Waals surface area contributed by atoms with Crippen LogP contribution in [0.3, 0.4) is 0 Å². The monoisotopic (exact) mass is 256 g/mol. The molecule has 0 bridgehead atoms. The lowest BCUT2D eigenvalue weighted by Gasteiger charge is -2.52. The maximum atomic E-state index is 5.25. The Kier molecular flexibility index (Phi) is 6.61. The molecule has 0 amide bonds. The van der Waals surface area contributed by atoms with Crippen molar-refractivity contribution in [3.05, 3.63) is 0 Å². The van der Waals surface area contributed by atoms with Gasteiger partial charge in [0.2, 0.25) is 0 Å². The highest BCUT2D eigenvalue weighted by Gasteiger charge is 2.40. The van der Waals surface area contributed by atoms with Crippen LogP contribution in [0.25, 0.3) is 0 Å². The third-order valence-electron chi connectivity index (χ3n) is 4.83. The number of ether oxygens (including phenoxy) is 1. The summed E-state index contributed by atoms with van der Waals surface area (Å²) >= 11 is 0. The number of piperazine rings is 1. The summed E-state index contributed by atoms with van der Waals surface area (Å²) in [7, 11) is 1.80. The Bertz CT molecular complexity index is 229. The molecule has 1 aliphatic rings. The number of hydrogen-bond donors (Lipinski definition) is 1. The summed E-state index contributed by atoms with van der Waals surface area (Å²) in [6.45, 7) is 12.5. The van der Waals surface area contributed by atoms with Crippen LogP contribution in [0.15, 0.2) is 0 Å². The van der Waals surface area contributed by atoms with E-state index in [4.69, 9.17) is 4.74 Å². The molecule has 1 heterocycles. The maximum Gasteiger partial charge on any atom is 0.0477 e. The normalized spacial score (nSPS) is 26.2. The zero-order valence-corrected chi connectivity index (χ0v) is 13.0. The van der Waals surface area contributed by atoms with Crippen molar-refractivity contribution in [2.45, 2.75) is 71.0 Å². The number of nitrogens with zero attached hydrogens (tertiary/aromatic N) is 1. The van der Waals surface area contributed by atoms with Gasteiger partial charge in [-0.05, 0) is 32.6 Å². The first-order valence-electron chi connectivity index (χ1n) is 7.62. The highest BCUT2D eigenvalue weighted by atomic mass is 16.5. The molecule has 0 saturated carbocycles. The summed E-state index contributed by atoms with van der Waals surface area (Å²) in [6, 6.07) is 1.27. The van der Waals surface area contributed by atoms with Crippen molar-refractivity contribution in [2.24, 2.45) is 0 Å². The lowest BCUT2D eigenvalue weighted by atomic mass is 9.85. The molecule has 0 radical (unpaired) electrons. The fourth-order valence-electron chi connectivity index (χ4n) is 3.20. The molecule has 0 aromatic rings. The second-order valence-corrected chi connectivity index (χ2v) is 5.70. The Morgan fingerprint density at radius 3 is 2.50 bits per heavy atom. The standard InChI is InChI=1S/C15H32N2O/c1-6-14-11-17(13(4)9-10-18-5)15(7-2,8-3)12-16-14/h13-14,16H,6-12H2,1-5H3. The smallest absolute Gasteiger partial charge is 0.0477 e. The summed E-state index contributed by atoms with van der Waals surface area (Å²) in [5.41, 5.74) is 0.346. The minimum atomic E-state index is 0.346. The van der Waals surface area contributed by atoms with Crippen LogP contribution < -0.4 is 5.32 Å². The first kappa shape index (κ1) is 15.9. The fourth-order valence-corrected chi connectivity index (χ4v) is 3.20. The molecule has 2 unspecified atom stereocenters. The van der Waals surface area contributed by atoms with Crippen LogP contribution >= 0.6 is 0 Å². The summed E-state index contributed by atoms with van der Waals surface area (Å²) in [5, 5.41) is 3.73. The van der Waals surface area contributed by atoms with Crippen LogP contribution in [-0.4, -0.2) is 49.3 Å². The van der Waals surface area contributed by atoms with Crippen LogP contribution in [0, 0.1) is 0 Å². The number of nitrogens with one attached hydrogen (secondary N) is 1. The zero-order chi connectivity index (χ0) is 13.6. The second kappa shape index (κ2) is 7.46. The molecule has 3 heteroatoms. The summed E-state index contributed by atoms with van der Waals surface area (Å²) in [6.07, 6.45) is 4.81. The summed E-state index contributed by atoms with van der Waals surface area (Å²) in [5.74, 6) is 0. The number of methoxy groups -OCH3 is 1. The maximum absolute atomic E-state index is 5.25. The Labute approximate surface area is 113 Å². The van der Waals surface area contributed by atoms with Crippen molar-refractivity contribution in [1.82, 2.24) is 10.2 Å². The van der Waals surface area contributed by atoms with Gasteiger partial charge >= 0.3 is 0 Å². The van der Waals surface area contributed by atoms with E-state index in [1.165, 1.54) is 25.8 Å². The van der Waals surface area contributed by atoms with E-state index >= 15 is 0 Å².